The highest BCUT2D eigenvalue weighted by molar-refractivity contribution is 7.89. The fourth-order valence-corrected chi connectivity index (χ4v) is 5.45. The highest BCUT2D eigenvalue weighted by Gasteiger charge is 2.31. The highest BCUT2D eigenvalue weighted by atomic mass is 35.5. The molecule has 0 bridgehead atoms. The average molecular weight is 323 g/mol. The normalized spacial score (nSPS) is 23.4. The molecule has 1 saturated heterocycles. The molecule has 0 aromatic carbocycles. The van der Waals surface area contributed by atoms with Crippen LogP contribution in [0.3, 0.4) is 0 Å². The summed E-state index contributed by atoms with van der Waals surface area (Å²) in [7, 11) is -1.36. The van der Waals surface area contributed by atoms with Gasteiger partial charge in [-0.3, -0.25) is 0 Å². The Hall–Kier alpha value is -0.140. The van der Waals surface area contributed by atoms with Gasteiger partial charge >= 0.3 is 0 Å². The first-order chi connectivity index (χ1) is 8.95. The molecule has 1 fully saturated rings. The number of likely N-dealkylation sites (N-methyl/N-ethyl adjacent to an activating group) is 1. The van der Waals surface area contributed by atoms with Crippen LogP contribution in [0.25, 0.3) is 0 Å². The van der Waals surface area contributed by atoms with Crippen molar-refractivity contribution in [1.82, 2.24) is 9.21 Å². The molecule has 19 heavy (non-hydrogen) atoms. The molecule has 1 aromatic heterocycles. The van der Waals surface area contributed by atoms with E-state index in [9.17, 15) is 8.42 Å². The van der Waals surface area contributed by atoms with Crippen LogP contribution in [-0.4, -0.2) is 50.3 Å². The Kier molecular flexibility index (Phi) is 4.89. The van der Waals surface area contributed by atoms with E-state index in [1.807, 2.05) is 14.0 Å². The van der Waals surface area contributed by atoms with Gasteiger partial charge in [0.15, 0.2) is 0 Å². The van der Waals surface area contributed by atoms with Crippen molar-refractivity contribution in [3.8, 4) is 0 Å². The summed E-state index contributed by atoms with van der Waals surface area (Å²) in [5.41, 5.74) is 0. The van der Waals surface area contributed by atoms with E-state index in [1.165, 1.54) is 11.3 Å². The van der Waals surface area contributed by atoms with Gasteiger partial charge in [-0.25, -0.2) is 8.42 Å². The van der Waals surface area contributed by atoms with Crippen molar-refractivity contribution < 1.29 is 8.42 Å². The van der Waals surface area contributed by atoms with Crippen LogP contribution < -0.4 is 0 Å². The van der Waals surface area contributed by atoms with Gasteiger partial charge in [-0.1, -0.05) is 0 Å². The van der Waals surface area contributed by atoms with Crippen molar-refractivity contribution in [1.29, 1.82) is 0 Å². The molecular weight excluding hydrogens is 304 g/mol. The zero-order valence-electron chi connectivity index (χ0n) is 11.2. The Labute approximate surface area is 124 Å². The van der Waals surface area contributed by atoms with Crippen LogP contribution in [0.5, 0.6) is 0 Å². The largest absolute Gasteiger partial charge is 0.305 e. The van der Waals surface area contributed by atoms with Crippen molar-refractivity contribution >= 4 is 33.0 Å². The van der Waals surface area contributed by atoms with Gasteiger partial charge in [-0.2, -0.15) is 4.31 Å². The van der Waals surface area contributed by atoms with Crippen molar-refractivity contribution in [3.05, 3.63) is 16.3 Å². The van der Waals surface area contributed by atoms with E-state index < -0.39 is 10.0 Å². The van der Waals surface area contributed by atoms with Crippen LogP contribution in [0.4, 0.5) is 0 Å². The van der Waals surface area contributed by atoms with E-state index in [-0.39, 0.29) is 6.04 Å². The van der Waals surface area contributed by atoms with Crippen LogP contribution in [0.2, 0.25) is 0 Å². The zero-order valence-corrected chi connectivity index (χ0v) is 13.6. The molecular formula is C12H19ClN2O2S2. The smallest absolute Gasteiger partial charge is 0.244 e. The van der Waals surface area contributed by atoms with Gasteiger partial charge in [0, 0.05) is 29.4 Å². The van der Waals surface area contributed by atoms with Gasteiger partial charge < -0.3 is 4.90 Å². The highest BCUT2D eigenvalue weighted by Crippen LogP contribution is 2.26. The Morgan fingerprint density at radius 1 is 1.47 bits per heavy atom. The third kappa shape index (κ3) is 3.31. The Balaban J connectivity index is 2.27. The molecule has 0 N–H and O–H groups in total. The molecule has 1 atom stereocenters. The number of sulfonamides is 1. The molecule has 7 heteroatoms. The van der Waals surface area contributed by atoms with Crippen molar-refractivity contribution in [2.24, 2.45) is 0 Å². The number of nitrogens with zero attached hydrogens (tertiary/aromatic N) is 2. The van der Waals surface area contributed by atoms with Gasteiger partial charge in [0.05, 0.1) is 10.8 Å². The zero-order chi connectivity index (χ0) is 14.0. The molecule has 2 rings (SSSR count). The topological polar surface area (TPSA) is 40.6 Å². The number of halogens is 1. The molecule has 4 nitrogen and oxygen atoms in total. The lowest BCUT2D eigenvalue weighted by atomic mass is 10.3. The van der Waals surface area contributed by atoms with Crippen molar-refractivity contribution in [2.45, 2.75) is 30.2 Å². The van der Waals surface area contributed by atoms with E-state index in [0.29, 0.717) is 17.3 Å². The summed E-state index contributed by atoms with van der Waals surface area (Å²) in [6, 6.07) is 1.69. The molecule has 0 radical (unpaired) electrons. The Morgan fingerprint density at radius 3 is 2.84 bits per heavy atom. The molecule has 1 aliphatic rings. The molecule has 1 aliphatic heterocycles. The summed E-state index contributed by atoms with van der Waals surface area (Å²) in [5.74, 6) is 0.360. The predicted octanol–water partition coefficient (Wildman–Crippen LogP) is 2.20. The lowest BCUT2D eigenvalue weighted by Crippen LogP contribution is -2.41. The van der Waals surface area contributed by atoms with E-state index in [2.05, 4.69) is 4.90 Å². The second-order valence-corrected chi connectivity index (χ2v) is 8.12. The lowest BCUT2D eigenvalue weighted by Gasteiger charge is -2.26. The number of rotatable bonds is 3. The third-order valence-corrected chi connectivity index (χ3v) is 6.88. The predicted molar refractivity (Wildman–Crippen MR) is 79.3 cm³/mol. The Bertz CT molecular complexity index is 530. The monoisotopic (exact) mass is 322 g/mol. The van der Waals surface area contributed by atoms with Crippen LogP contribution in [0.1, 0.15) is 18.2 Å². The van der Waals surface area contributed by atoms with Crippen molar-refractivity contribution in [3.63, 3.8) is 0 Å². The van der Waals surface area contributed by atoms with Gasteiger partial charge in [0.25, 0.3) is 0 Å². The van der Waals surface area contributed by atoms with Crippen LogP contribution >= 0.6 is 22.9 Å². The summed E-state index contributed by atoms with van der Waals surface area (Å²) in [6.07, 6.45) is 0.868. The summed E-state index contributed by atoms with van der Waals surface area (Å²) >= 11 is 7.14. The fraction of sp³-hybridized carbons (Fsp3) is 0.667. The first-order valence-electron chi connectivity index (χ1n) is 6.29. The number of alkyl halides is 1. The maximum Gasteiger partial charge on any atom is 0.244 e. The molecule has 1 aromatic rings. The fourth-order valence-electron chi connectivity index (χ4n) is 2.41. The second-order valence-electron chi connectivity index (χ2n) is 4.96. The van der Waals surface area contributed by atoms with E-state index in [4.69, 9.17) is 11.6 Å². The maximum atomic E-state index is 12.7. The van der Waals surface area contributed by atoms with E-state index in [0.717, 1.165) is 24.4 Å². The average Bonchev–Trinajstić information content (AvgIpc) is 2.76. The molecule has 2 heterocycles. The van der Waals surface area contributed by atoms with Crippen molar-refractivity contribution in [2.75, 3.05) is 26.7 Å². The lowest BCUT2D eigenvalue weighted by molar-refractivity contribution is 0.290. The summed E-state index contributed by atoms with van der Waals surface area (Å²) in [6.45, 7) is 4.26. The summed E-state index contributed by atoms with van der Waals surface area (Å²) in [4.78, 5) is 3.45. The minimum Gasteiger partial charge on any atom is -0.305 e. The van der Waals surface area contributed by atoms with Crippen LogP contribution in [0.15, 0.2) is 16.3 Å². The molecule has 0 spiro atoms. The number of hydrogen-bond acceptors (Lipinski definition) is 4. The standard InChI is InChI=1S/C12H19ClN2O2S2/c1-10-8-14(2)4-3-5-15(10)19(16,17)12-6-11(7-13)18-9-12/h6,9-10H,3-5,7-8H2,1-2H3. The molecule has 0 aliphatic carbocycles. The maximum absolute atomic E-state index is 12.7. The van der Waals surface area contributed by atoms with E-state index >= 15 is 0 Å². The minimum absolute atomic E-state index is 0.00292. The van der Waals surface area contributed by atoms with Gasteiger partial charge in [0.2, 0.25) is 10.0 Å². The van der Waals surface area contributed by atoms with Gasteiger partial charge in [-0.15, -0.1) is 22.9 Å². The summed E-state index contributed by atoms with van der Waals surface area (Å²) < 4.78 is 26.9. The summed E-state index contributed by atoms with van der Waals surface area (Å²) in [5, 5.41) is 1.69. The third-order valence-electron chi connectivity index (χ3n) is 3.35. The van der Waals surface area contributed by atoms with Gasteiger partial charge in [0.1, 0.15) is 0 Å². The Morgan fingerprint density at radius 2 is 2.21 bits per heavy atom. The number of hydrogen-bond donors (Lipinski definition) is 0. The first-order valence-corrected chi connectivity index (χ1v) is 9.14. The molecule has 0 saturated carbocycles. The molecule has 1 unspecified atom stereocenters. The van der Waals surface area contributed by atoms with Crippen LogP contribution in [0, 0.1) is 0 Å². The SMILES string of the molecule is CC1CN(C)CCCN1S(=O)(=O)c1csc(CCl)c1. The number of thiophene rings is 1. The molecule has 108 valence electrons. The quantitative estimate of drug-likeness (QED) is 0.801. The van der Waals surface area contributed by atoms with Crippen LogP contribution in [-0.2, 0) is 15.9 Å². The minimum atomic E-state index is -3.39. The van der Waals surface area contributed by atoms with E-state index in [1.54, 1.807) is 15.8 Å². The first kappa shape index (κ1) is 15.3. The molecule has 0 amide bonds. The van der Waals surface area contributed by atoms with Gasteiger partial charge in [-0.05, 0) is 33.0 Å². The second kappa shape index (κ2) is 6.10.